The van der Waals surface area contributed by atoms with E-state index in [0.717, 1.165) is 25.9 Å². The molecule has 0 unspecified atom stereocenters. The summed E-state index contributed by atoms with van der Waals surface area (Å²) in [5.41, 5.74) is 0.233. The van der Waals surface area contributed by atoms with E-state index >= 15 is 0 Å². The summed E-state index contributed by atoms with van der Waals surface area (Å²) in [6.07, 6.45) is 1.70. The van der Waals surface area contributed by atoms with Crippen LogP contribution in [0.2, 0.25) is 5.02 Å². The summed E-state index contributed by atoms with van der Waals surface area (Å²) in [6, 6.07) is 4.14. The predicted octanol–water partition coefficient (Wildman–Crippen LogP) is 0.469. The molecule has 20 heavy (non-hydrogen) atoms. The van der Waals surface area contributed by atoms with Gasteiger partial charge in [-0.25, -0.2) is 13.6 Å². The van der Waals surface area contributed by atoms with E-state index in [9.17, 15) is 13.2 Å². The molecule has 1 saturated heterocycles. The standard InChI is InChI=1S/C12H16ClN3O3S/c13-10-2-1-8(7-11(10)20(14,18)19)12(17)16-9-3-5-15-6-4-9/h1-2,7,9,15H,3-6H2,(H,16,17)(H2,14,18,19). The maximum atomic E-state index is 12.1. The van der Waals surface area contributed by atoms with Crippen LogP contribution >= 0.6 is 11.6 Å². The first-order chi connectivity index (χ1) is 9.38. The van der Waals surface area contributed by atoms with Gasteiger partial charge >= 0.3 is 0 Å². The van der Waals surface area contributed by atoms with Crippen LogP contribution in [0.3, 0.4) is 0 Å². The summed E-state index contributed by atoms with van der Waals surface area (Å²) in [5.74, 6) is -0.321. The molecule has 1 aliphatic rings. The van der Waals surface area contributed by atoms with Crippen LogP contribution in [0.15, 0.2) is 23.1 Å². The van der Waals surface area contributed by atoms with E-state index < -0.39 is 10.0 Å². The van der Waals surface area contributed by atoms with Crippen molar-refractivity contribution in [3.8, 4) is 0 Å². The van der Waals surface area contributed by atoms with Gasteiger partial charge in [-0.15, -0.1) is 0 Å². The molecule has 6 nitrogen and oxygen atoms in total. The molecule has 1 aromatic rings. The highest BCUT2D eigenvalue weighted by Crippen LogP contribution is 2.21. The Morgan fingerprint density at radius 3 is 2.60 bits per heavy atom. The number of piperidine rings is 1. The Balaban J connectivity index is 2.18. The topological polar surface area (TPSA) is 101 Å². The number of amides is 1. The van der Waals surface area contributed by atoms with Gasteiger partial charge in [0.2, 0.25) is 10.0 Å². The first-order valence-corrected chi connectivity index (χ1v) is 8.14. The van der Waals surface area contributed by atoms with Crippen LogP contribution in [0.4, 0.5) is 0 Å². The zero-order valence-electron chi connectivity index (χ0n) is 10.7. The number of halogens is 1. The van der Waals surface area contributed by atoms with Crippen LogP contribution in [0, 0.1) is 0 Å². The van der Waals surface area contributed by atoms with E-state index in [2.05, 4.69) is 10.6 Å². The normalized spacial score (nSPS) is 16.9. The smallest absolute Gasteiger partial charge is 0.251 e. The summed E-state index contributed by atoms with van der Waals surface area (Å²) in [5, 5.41) is 11.1. The Morgan fingerprint density at radius 2 is 2.00 bits per heavy atom. The zero-order valence-corrected chi connectivity index (χ0v) is 12.3. The van der Waals surface area contributed by atoms with Crippen molar-refractivity contribution < 1.29 is 13.2 Å². The van der Waals surface area contributed by atoms with Crippen molar-refractivity contribution in [2.24, 2.45) is 5.14 Å². The summed E-state index contributed by atoms with van der Waals surface area (Å²) in [6.45, 7) is 1.71. The molecule has 1 heterocycles. The second kappa shape index (κ2) is 6.09. The molecular weight excluding hydrogens is 302 g/mol. The van der Waals surface area contributed by atoms with Crippen LogP contribution in [-0.2, 0) is 10.0 Å². The van der Waals surface area contributed by atoms with Crippen LogP contribution in [0.25, 0.3) is 0 Å². The molecule has 2 rings (SSSR count). The number of sulfonamides is 1. The first-order valence-electron chi connectivity index (χ1n) is 6.22. The maximum Gasteiger partial charge on any atom is 0.251 e. The third-order valence-corrected chi connectivity index (χ3v) is 4.57. The molecule has 4 N–H and O–H groups in total. The van der Waals surface area contributed by atoms with Gasteiger partial charge in [0, 0.05) is 11.6 Å². The average molecular weight is 318 g/mol. The van der Waals surface area contributed by atoms with E-state index in [1.54, 1.807) is 0 Å². The summed E-state index contributed by atoms with van der Waals surface area (Å²) < 4.78 is 22.7. The molecule has 1 amide bonds. The maximum absolute atomic E-state index is 12.1. The molecule has 0 saturated carbocycles. The van der Waals surface area contributed by atoms with Crippen molar-refractivity contribution in [1.82, 2.24) is 10.6 Å². The third kappa shape index (κ3) is 3.69. The fraction of sp³-hybridized carbons (Fsp3) is 0.417. The quantitative estimate of drug-likeness (QED) is 0.754. The largest absolute Gasteiger partial charge is 0.349 e. The van der Waals surface area contributed by atoms with E-state index in [0.29, 0.717) is 0 Å². The van der Waals surface area contributed by atoms with Gasteiger partial charge in [0.25, 0.3) is 5.91 Å². The lowest BCUT2D eigenvalue weighted by atomic mass is 10.1. The number of rotatable bonds is 3. The minimum atomic E-state index is -3.94. The Hall–Kier alpha value is -1.15. The highest BCUT2D eigenvalue weighted by Gasteiger charge is 2.19. The first kappa shape index (κ1) is 15.2. The van der Waals surface area contributed by atoms with E-state index in [4.69, 9.17) is 16.7 Å². The van der Waals surface area contributed by atoms with Gasteiger partial charge in [0.15, 0.2) is 0 Å². The Bertz CT molecular complexity index is 612. The lowest BCUT2D eigenvalue weighted by Crippen LogP contribution is -2.42. The van der Waals surface area contributed by atoms with Crippen LogP contribution in [-0.4, -0.2) is 33.5 Å². The average Bonchev–Trinajstić information content (AvgIpc) is 2.39. The minimum absolute atomic E-state index is 0.00548. The molecule has 0 radical (unpaired) electrons. The number of hydrogen-bond donors (Lipinski definition) is 3. The highest BCUT2D eigenvalue weighted by atomic mass is 35.5. The zero-order chi connectivity index (χ0) is 14.8. The molecule has 0 aromatic heterocycles. The monoisotopic (exact) mass is 317 g/mol. The van der Waals surface area contributed by atoms with Crippen LogP contribution in [0.1, 0.15) is 23.2 Å². The fourth-order valence-electron chi connectivity index (χ4n) is 2.10. The van der Waals surface area contributed by atoms with Gasteiger partial charge in [0.1, 0.15) is 4.90 Å². The van der Waals surface area contributed by atoms with E-state index in [1.165, 1.54) is 18.2 Å². The van der Waals surface area contributed by atoms with E-state index in [1.807, 2.05) is 0 Å². The molecular formula is C12H16ClN3O3S. The number of nitrogens with one attached hydrogen (secondary N) is 2. The van der Waals surface area contributed by atoms with Crippen molar-refractivity contribution in [2.75, 3.05) is 13.1 Å². The molecule has 0 spiro atoms. The van der Waals surface area contributed by atoms with Crippen molar-refractivity contribution in [3.05, 3.63) is 28.8 Å². The van der Waals surface area contributed by atoms with Gasteiger partial charge in [-0.1, -0.05) is 11.6 Å². The predicted molar refractivity (Wildman–Crippen MR) is 76.2 cm³/mol. The number of carbonyl (C=O) groups is 1. The van der Waals surface area contributed by atoms with Crippen molar-refractivity contribution in [3.63, 3.8) is 0 Å². The van der Waals surface area contributed by atoms with Crippen LogP contribution in [0.5, 0.6) is 0 Å². The molecule has 0 aliphatic carbocycles. The van der Waals surface area contributed by atoms with Crippen LogP contribution < -0.4 is 15.8 Å². The molecule has 1 fully saturated rings. The third-order valence-electron chi connectivity index (χ3n) is 3.17. The van der Waals surface area contributed by atoms with Crippen molar-refractivity contribution in [1.29, 1.82) is 0 Å². The van der Waals surface area contributed by atoms with Gasteiger partial charge in [0.05, 0.1) is 5.02 Å². The number of benzene rings is 1. The summed E-state index contributed by atoms with van der Waals surface area (Å²) >= 11 is 5.78. The van der Waals surface area contributed by atoms with Crippen molar-refractivity contribution in [2.45, 2.75) is 23.8 Å². The number of carbonyl (C=O) groups excluding carboxylic acids is 1. The Labute approximate surface area is 122 Å². The molecule has 0 bridgehead atoms. The molecule has 110 valence electrons. The van der Waals surface area contributed by atoms with Gasteiger partial charge in [-0.3, -0.25) is 4.79 Å². The molecule has 1 aliphatic heterocycles. The van der Waals surface area contributed by atoms with E-state index in [-0.39, 0.29) is 27.4 Å². The summed E-state index contributed by atoms with van der Waals surface area (Å²) in [4.78, 5) is 11.9. The Morgan fingerprint density at radius 1 is 1.35 bits per heavy atom. The lowest BCUT2D eigenvalue weighted by Gasteiger charge is -2.23. The summed E-state index contributed by atoms with van der Waals surface area (Å²) in [7, 11) is -3.94. The highest BCUT2D eigenvalue weighted by molar-refractivity contribution is 7.89. The molecule has 1 aromatic carbocycles. The second-order valence-electron chi connectivity index (χ2n) is 4.69. The Kier molecular flexibility index (Phi) is 4.64. The number of hydrogen-bond acceptors (Lipinski definition) is 4. The van der Waals surface area contributed by atoms with Crippen molar-refractivity contribution >= 4 is 27.5 Å². The molecule has 8 heteroatoms. The van der Waals surface area contributed by atoms with Gasteiger partial charge < -0.3 is 10.6 Å². The number of primary sulfonamides is 1. The number of nitrogens with two attached hydrogens (primary N) is 1. The second-order valence-corrected chi connectivity index (χ2v) is 6.62. The minimum Gasteiger partial charge on any atom is -0.349 e. The van der Waals surface area contributed by atoms with Gasteiger partial charge in [-0.2, -0.15) is 0 Å². The molecule has 0 atom stereocenters. The lowest BCUT2D eigenvalue weighted by molar-refractivity contribution is 0.0929. The SMILES string of the molecule is NS(=O)(=O)c1cc(C(=O)NC2CCNCC2)ccc1Cl. The van der Waals surface area contributed by atoms with Gasteiger partial charge in [-0.05, 0) is 44.1 Å². The fourth-order valence-corrected chi connectivity index (χ4v) is 3.17.